The van der Waals surface area contributed by atoms with E-state index in [2.05, 4.69) is 20.3 Å². The van der Waals surface area contributed by atoms with Crippen molar-refractivity contribution in [2.75, 3.05) is 55.7 Å². The number of anilines is 2. The molecule has 3 aliphatic rings. The molecule has 1 N–H and O–H groups in total. The van der Waals surface area contributed by atoms with Crippen LogP contribution in [-0.2, 0) is 11.3 Å². The average Bonchev–Trinajstić information content (AvgIpc) is 3.32. The molecule has 1 saturated carbocycles. The predicted molar refractivity (Wildman–Crippen MR) is 96.6 cm³/mol. The van der Waals surface area contributed by atoms with Gasteiger partial charge in [-0.15, -0.1) is 0 Å². The minimum Gasteiger partial charge on any atom is -0.378 e. The van der Waals surface area contributed by atoms with Crippen LogP contribution in [0.5, 0.6) is 0 Å². The molecule has 0 bridgehead atoms. The van der Waals surface area contributed by atoms with Crippen molar-refractivity contribution >= 4 is 22.9 Å². The van der Waals surface area contributed by atoms with Crippen LogP contribution in [0.25, 0.3) is 11.2 Å². The Balaban J connectivity index is 1.60. The monoisotopic (exact) mass is 397 g/mol. The molecule has 2 aliphatic heterocycles. The van der Waals surface area contributed by atoms with Crippen molar-refractivity contribution in [1.29, 1.82) is 0 Å². The standard InChI is InChI=1S/C17H22F3N7O/c18-17(19,20)10-27-14-12(13(21-11-22-14)25-5-7-28-8-6-25)24-15(27)26-4-3-23-16(9-26)1-2-16/h11,23H,1-10H2. The van der Waals surface area contributed by atoms with Gasteiger partial charge in [-0.2, -0.15) is 13.2 Å². The SMILES string of the molecule is FC(F)(F)Cn1c(N2CCNC3(CC3)C2)nc2c(N3CCOCC3)ncnc21. The molecule has 0 amide bonds. The maximum absolute atomic E-state index is 13.4. The maximum atomic E-state index is 13.4. The van der Waals surface area contributed by atoms with Crippen LogP contribution in [0.15, 0.2) is 6.33 Å². The second kappa shape index (κ2) is 6.45. The van der Waals surface area contributed by atoms with Gasteiger partial charge in [0.15, 0.2) is 17.0 Å². The number of imidazole rings is 1. The Hall–Kier alpha value is -2.14. The molecule has 8 nitrogen and oxygen atoms in total. The Labute approximate surface area is 159 Å². The second-order valence-electron chi connectivity index (χ2n) is 7.71. The largest absolute Gasteiger partial charge is 0.406 e. The number of fused-ring (bicyclic) bond motifs is 1. The molecule has 3 fully saturated rings. The maximum Gasteiger partial charge on any atom is 0.406 e. The van der Waals surface area contributed by atoms with E-state index in [0.717, 1.165) is 19.4 Å². The quantitative estimate of drug-likeness (QED) is 0.834. The summed E-state index contributed by atoms with van der Waals surface area (Å²) in [6, 6.07) is 0. The minimum absolute atomic E-state index is 0.0260. The van der Waals surface area contributed by atoms with Crippen molar-refractivity contribution in [2.45, 2.75) is 31.1 Å². The highest BCUT2D eigenvalue weighted by molar-refractivity contribution is 5.86. The molecule has 11 heteroatoms. The lowest BCUT2D eigenvalue weighted by Crippen LogP contribution is -2.53. The lowest BCUT2D eigenvalue weighted by molar-refractivity contribution is -0.139. The van der Waals surface area contributed by atoms with Crippen LogP contribution in [0.3, 0.4) is 0 Å². The van der Waals surface area contributed by atoms with Crippen molar-refractivity contribution < 1.29 is 17.9 Å². The predicted octanol–water partition coefficient (Wildman–Crippen LogP) is 1.17. The molecular formula is C17H22F3N7O. The number of alkyl halides is 3. The number of morpholine rings is 1. The molecule has 152 valence electrons. The van der Waals surface area contributed by atoms with E-state index in [0.29, 0.717) is 56.7 Å². The van der Waals surface area contributed by atoms with Gasteiger partial charge < -0.3 is 19.9 Å². The summed E-state index contributed by atoms with van der Waals surface area (Å²) in [5, 5.41) is 3.48. The molecule has 2 saturated heterocycles. The molecule has 0 aromatic carbocycles. The molecule has 1 aliphatic carbocycles. The van der Waals surface area contributed by atoms with Crippen molar-refractivity contribution in [3.63, 3.8) is 0 Å². The summed E-state index contributed by atoms with van der Waals surface area (Å²) < 4.78 is 46.7. The van der Waals surface area contributed by atoms with E-state index in [9.17, 15) is 13.2 Å². The fraction of sp³-hybridized carbons (Fsp3) is 0.706. The normalized spacial score (nSPS) is 22.2. The van der Waals surface area contributed by atoms with E-state index < -0.39 is 12.7 Å². The molecule has 5 rings (SSSR count). The average molecular weight is 397 g/mol. The summed E-state index contributed by atoms with van der Waals surface area (Å²) in [5.74, 6) is 0.904. The molecule has 0 radical (unpaired) electrons. The van der Waals surface area contributed by atoms with Crippen LogP contribution >= 0.6 is 0 Å². The summed E-state index contributed by atoms with van der Waals surface area (Å²) in [5.41, 5.74) is 0.678. The highest BCUT2D eigenvalue weighted by Crippen LogP contribution is 2.39. The molecule has 0 atom stereocenters. The van der Waals surface area contributed by atoms with Crippen molar-refractivity contribution in [1.82, 2.24) is 24.8 Å². The van der Waals surface area contributed by atoms with Gasteiger partial charge in [0.25, 0.3) is 0 Å². The van der Waals surface area contributed by atoms with Crippen LogP contribution in [0.2, 0.25) is 0 Å². The Kier molecular flexibility index (Phi) is 4.13. The third kappa shape index (κ3) is 3.26. The van der Waals surface area contributed by atoms with Gasteiger partial charge in [-0.3, -0.25) is 4.57 Å². The second-order valence-corrected chi connectivity index (χ2v) is 7.71. The topological polar surface area (TPSA) is 71.3 Å². The van der Waals surface area contributed by atoms with Crippen LogP contribution < -0.4 is 15.1 Å². The first-order valence-corrected chi connectivity index (χ1v) is 9.55. The third-order valence-electron chi connectivity index (χ3n) is 5.65. The van der Waals surface area contributed by atoms with Crippen LogP contribution in [0, 0.1) is 0 Å². The fourth-order valence-electron chi connectivity index (χ4n) is 4.10. The Bertz CT molecular complexity index is 873. The summed E-state index contributed by atoms with van der Waals surface area (Å²) in [6.07, 6.45) is -0.951. The van der Waals surface area contributed by atoms with Crippen LogP contribution in [0.4, 0.5) is 24.9 Å². The van der Waals surface area contributed by atoms with E-state index >= 15 is 0 Å². The highest BCUT2D eigenvalue weighted by atomic mass is 19.4. The zero-order chi connectivity index (χ0) is 19.4. The number of rotatable bonds is 3. The summed E-state index contributed by atoms with van der Waals surface area (Å²) in [7, 11) is 0. The molecular weight excluding hydrogens is 375 g/mol. The first-order chi connectivity index (χ1) is 13.4. The first kappa shape index (κ1) is 17.9. The summed E-state index contributed by atoms with van der Waals surface area (Å²) >= 11 is 0. The smallest absolute Gasteiger partial charge is 0.378 e. The summed E-state index contributed by atoms with van der Waals surface area (Å²) in [6.45, 7) is 3.27. The molecule has 28 heavy (non-hydrogen) atoms. The number of ether oxygens (including phenoxy) is 1. The molecule has 0 unspecified atom stereocenters. The van der Waals surface area contributed by atoms with Gasteiger partial charge in [-0.1, -0.05) is 0 Å². The number of halogens is 3. The minimum atomic E-state index is -4.36. The third-order valence-corrected chi connectivity index (χ3v) is 5.65. The zero-order valence-corrected chi connectivity index (χ0v) is 15.4. The Morgan fingerprint density at radius 2 is 1.89 bits per heavy atom. The van der Waals surface area contributed by atoms with Gasteiger partial charge in [0.1, 0.15) is 12.9 Å². The molecule has 2 aromatic heterocycles. The Morgan fingerprint density at radius 3 is 2.61 bits per heavy atom. The van der Waals surface area contributed by atoms with Gasteiger partial charge in [0, 0.05) is 38.3 Å². The van der Waals surface area contributed by atoms with Crippen molar-refractivity contribution in [3.8, 4) is 0 Å². The number of aromatic nitrogens is 4. The zero-order valence-electron chi connectivity index (χ0n) is 15.4. The van der Waals surface area contributed by atoms with E-state index in [-0.39, 0.29) is 11.2 Å². The number of piperazine rings is 1. The lowest BCUT2D eigenvalue weighted by Gasteiger charge is -2.35. The van der Waals surface area contributed by atoms with E-state index in [1.807, 2.05) is 9.80 Å². The number of nitrogens with one attached hydrogen (secondary N) is 1. The molecule has 2 aromatic rings. The van der Waals surface area contributed by atoms with Crippen molar-refractivity contribution in [2.24, 2.45) is 0 Å². The number of hydrogen-bond acceptors (Lipinski definition) is 7. The molecule has 1 spiro atoms. The lowest BCUT2D eigenvalue weighted by atomic mass is 10.2. The van der Waals surface area contributed by atoms with Crippen molar-refractivity contribution in [3.05, 3.63) is 6.33 Å². The number of hydrogen-bond donors (Lipinski definition) is 1. The number of nitrogens with zero attached hydrogens (tertiary/aromatic N) is 6. The first-order valence-electron chi connectivity index (χ1n) is 9.55. The van der Waals surface area contributed by atoms with Gasteiger partial charge in [-0.05, 0) is 12.8 Å². The fourth-order valence-corrected chi connectivity index (χ4v) is 4.10. The van der Waals surface area contributed by atoms with Crippen LogP contribution in [0.1, 0.15) is 12.8 Å². The molecule has 4 heterocycles. The van der Waals surface area contributed by atoms with E-state index in [1.54, 1.807) is 0 Å². The van der Waals surface area contributed by atoms with Gasteiger partial charge >= 0.3 is 6.18 Å². The highest BCUT2D eigenvalue weighted by Gasteiger charge is 2.46. The van der Waals surface area contributed by atoms with E-state index in [1.165, 1.54) is 10.9 Å². The van der Waals surface area contributed by atoms with Crippen LogP contribution in [-0.4, -0.2) is 77.2 Å². The summed E-state index contributed by atoms with van der Waals surface area (Å²) in [4.78, 5) is 17.1. The van der Waals surface area contributed by atoms with Gasteiger partial charge in [0.2, 0.25) is 5.95 Å². The Morgan fingerprint density at radius 1 is 1.11 bits per heavy atom. The van der Waals surface area contributed by atoms with Gasteiger partial charge in [-0.25, -0.2) is 15.0 Å². The van der Waals surface area contributed by atoms with Gasteiger partial charge in [0.05, 0.1) is 13.2 Å². The van der Waals surface area contributed by atoms with E-state index in [4.69, 9.17) is 4.74 Å².